The Morgan fingerprint density at radius 2 is 1.50 bits per heavy atom. The predicted octanol–water partition coefficient (Wildman–Crippen LogP) is 5.24. The van der Waals surface area contributed by atoms with Gasteiger partial charge in [-0.1, -0.05) is 84.9 Å². The molecule has 4 heteroatoms. The number of amides is 1. The van der Waals surface area contributed by atoms with E-state index < -0.39 is 13.5 Å². The van der Waals surface area contributed by atoms with Gasteiger partial charge in [-0.2, -0.15) is 0 Å². The molecule has 1 fully saturated rings. The van der Waals surface area contributed by atoms with E-state index in [0.29, 0.717) is 5.92 Å². The molecule has 4 rings (SSSR count). The van der Waals surface area contributed by atoms with Crippen molar-refractivity contribution in [1.82, 2.24) is 4.90 Å². The molecule has 1 aliphatic heterocycles. The van der Waals surface area contributed by atoms with Gasteiger partial charge in [0.25, 0.3) is 0 Å². The van der Waals surface area contributed by atoms with Crippen LogP contribution >= 0.6 is 7.92 Å². The summed E-state index contributed by atoms with van der Waals surface area (Å²) in [5.74, 6) is 0.470. The second-order valence-electron chi connectivity index (χ2n) is 9.46. The molecule has 0 spiro atoms. The molecule has 1 amide bonds. The van der Waals surface area contributed by atoms with Crippen molar-refractivity contribution >= 4 is 29.9 Å². The van der Waals surface area contributed by atoms with Crippen molar-refractivity contribution < 1.29 is 9.53 Å². The maximum atomic E-state index is 12.4. The van der Waals surface area contributed by atoms with E-state index in [0.717, 1.165) is 25.9 Å². The van der Waals surface area contributed by atoms with Crippen molar-refractivity contribution in [3.63, 3.8) is 0 Å². The zero-order valence-corrected chi connectivity index (χ0v) is 20.1. The molecule has 3 aromatic carbocycles. The number of carbonyl (C=O) groups is 1. The topological polar surface area (TPSA) is 29.5 Å². The van der Waals surface area contributed by atoms with Gasteiger partial charge in [-0.15, -0.1) is 0 Å². The second-order valence-corrected chi connectivity index (χ2v) is 11.7. The van der Waals surface area contributed by atoms with Crippen molar-refractivity contribution in [3.8, 4) is 0 Å². The summed E-state index contributed by atoms with van der Waals surface area (Å²) in [6.07, 6.45) is 1.82. The number of carbonyl (C=O) groups excluding carboxylic acids is 1. The average Bonchev–Trinajstić information content (AvgIpc) is 3.23. The fourth-order valence-electron chi connectivity index (χ4n) is 4.25. The van der Waals surface area contributed by atoms with Gasteiger partial charge >= 0.3 is 6.09 Å². The van der Waals surface area contributed by atoms with Gasteiger partial charge in [0.05, 0.1) is 0 Å². The van der Waals surface area contributed by atoms with Gasteiger partial charge in [-0.05, 0) is 68.9 Å². The van der Waals surface area contributed by atoms with Crippen LogP contribution in [0, 0.1) is 5.92 Å². The van der Waals surface area contributed by atoms with Gasteiger partial charge in [0.1, 0.15) is 5.60 Å². The van der Waals surface area contributed by atoms with Crippen molar-refractivity contribution in [2.75, 3.05) is 13.1 Å². The van der Waals surface area contributed by atoms with Crippen LogP contribution in [0.1, 0.15) is 32.8 Å². The van der Waals surface area contributed by atoms with Crippen molar-refractivity contribution in [2.24, 2.45) is 5.92 Å². The summed E-state index contributed by atoms with van der Waals surface area (Å²) in [5, 5.41) is 4.10. The smallest absolute Gasteiger partial charge is 0.410 e. The Morgan fingerprint density at radius 1 is 0.906 bits per heavy atom. The number of hydrogen-bond acceptors (Lipinski definition) is 2. The summed E-state index contributed by atoms with van der Waals surface area (Å²) in [4.78, 5) is 14.3. The van der Waals surface area contributed by atoms with Gasteiger partial charge in [0.2, 0.25) is 0 Å². The minimum absolute atomic E-state index is 0.189. The summed E-state index contributed by atoms with van der Waals surface area (Å²) in [5.41, 5.74) is 0.896. The third kappa shape index (κ3) is 5.78. The van der Waals surface area contributed by atoms with E-state index in [9.17, 15) is 4.79 Å². The first kappa shape index (κ1) is 22.6. The van der Waals surface area contributed by atoms with E-state index in [2.05, 4.69) is 84.9 Å². The van der Waals surface area contributed by atoms with E-state index in [4.69, 9.17) is 4.74 Å². The zero-order chi connectivity index (χ0) is 22.6. The monoisotopic (exact) mass is 445 g/mol. The molecule has 3 aromatic rings. The minimum atomic E-state index is -0.599. The molecule has 1 atom stereocenters. The summed E-state index contributed by atoms with van der Waals surface area (Å²) < 4.78 is 5.56. The number of rotatable bonds is 5. The first-order valence-corrected chi connectivity index (χ1v) is 12.7. The Labute approximate surface area is 193 Å². The highest BCUT2D eigenvalue weighted by atomic mass is 31.1. The van der Waals surface area contributed by atoms with E-state index in [1.54, 1.807) is 0 Å². The summed E-state index contributed by atoms with van der Waals surface area (Å²) in [7, 11) is -0.599. The molecule has 1 heterocycles. The van der Waals surface area contributed by atoms with Gasteiger partial charge in [0, 0.05) is 13.1 Å². The van der Waals surface area contributed by atoms with Crippen LogP contribution in [-0.2, 0) is 11.2 Å². The zero-order valence-electron chi connectivity index (χ0n) is 19.2. The number of nitrogens with zero attached hydrogens (tertiary/aromatic N) is 1. The van der Waals surface area contributed by atoms with Crippen molar-refractivity contribution in [3.05, 3.63) is 90.5 Å². The van der Waals surface area contributed by atoms with Gasteiger partial charge in [0.15, 0.2) is 0 Å². The molecule has 0 unspecified atom stereocenters. The molecule has 0 aromatic heterocycles. The first-order chi connectivity index (χ1) is 15.4. The highest BCUT2D eigenvalue weighted by molar-refractivity contribution is 7.79. The molecular formula is C28H32NO2P. The number of benzene rings is 3. The lowest BCUT2D eigenvalue weighted by atomic mass is 9.99. The van der Waals surface area contributed by atoms with Crippen LogP contribution in [0.3, 0.4) is 0 Å². The summed E-state index contributed by atoms with van der Waals surface area (Å²) in [6.45, 7) is 7.30. The third-order valence-electron chi connectivity index (χ3n) is 5.66. The molecule has 0 radical (unpaired) electrons. The van der Waals surface area contributed by atoms with Gasteiger partial charge in [-0.25, -0.2) is 4.79 Å². The Hall–Kier alpha value is -2.64. The number of ether oxygens (including phenoxy) is 1. The normalized spacial score (nSPS) is 16.4. The summed E-state index contributed by atoms with van der Waals surface area (Å²) >= 11 is 0. The second kappa shape index (κ2) is 9.88. The Balaban J connectivity index is 1.51. The van der Waals surface area contributed by atoms with E-state index in [-0.39, 0.29) is 6.09 Å². The Kier molecular flexibility index (Phi) is 6.96. The van der Waals surface area contributed by atoms with Crippen LogP contribution in [0.15, 0.2) is 84.9 Å². The lowest BCUT2D eigenvalue weighted by Gasteiger charge is -2.24. The molecule has 0 aliphatic carbocycles. The predicted molar refractivity (Wildman–Crippen MR) is 135 cm³/mol. The fourth-order valence-corrected chi connectivity index (χ4v) is 6.61. The molecule has 0 saturated carbocycles. The van der Waals surface area contributed by atoms with Crippen LogP contribution in [0.2, 0.25) is 0 Å². The first-order valence-electron chi connectivity index (χ1n) is 11.4. The van der Waals surface area contributed by atoms with Gasteiger partial charge < -0.3 is 9.64 Å². The molecule has 3 nitrogen and oxygen atoms in total. The van der Waals surface area contributed by atoms with Crippen molar-refractivity contribution in [1.29, 1.82) is 0 Å². The molecule has 1 saturated heterocycles. The standard InChI is InChI=1S/C28H32NO2P/c1-28(2,3)31-27(30)29-18-17-23(21-29)19-22-11-10-16-26(20-22)32(24-12-6-4-7-13-24)25-14-8-5-9-15-25/h4-16,20,23H,17-19,21H2,1-3H3/t23-/m1/s1. The largest absolute Gasteiger partial charge is 0.444 e. The molecular weight excluding hydrogens is 413 g/mol. The Bertz CT molecular complexity index is 991. The average molecular weight is 446 g/mol. The lowest BCUT2D eigenvalue weighted by molar-refractivity contribution is 0.0288. The van der Waals surface area contributed by atoms with E-state index in [1.165, 1.54) is 21.5 Å². The molecule has 0 N–H and O–H groups in total. The molecule has 1 aliphatic rings. The Morgan fingerprint density at radius 3 is 2.09 bits per heavy atom. The maximum absolute atomic E-state index is 12.4. The van der Waals surface area contributed by atoms with E-state index >= 15 is 0 Å². The molecule has 32 heavy (non-hydrogen) atoms. The molecule has 0 bridgehead atoms. The van der Waals surface area contributed by atoms with Crippen LogP contribution in [0.5, 0.6) is 0 Å². The lowest BCUT2D eigenvalue weighted by Crippen LogP contribution is -2.35. The fraction of sp³-hybridized carbons (Fsp3) is 0.321. The van der Waals surface area contributed by atoms with Crippen LogP contribution < -0.4 is 15.9 Å². The molecule has 166 valence electrons. The highest BCUT2D eigenvalue weighted by Crippen LogP contribution is 2.33. The van der Waals surface area contributed by atoms with Crippen molar-refractivity contribution in [2.45, 2.75) is 39.2 Å². The van der Waals surface area contributed by atoms with E-state index in [1.807, 2.05) is 25.7 Å². The van der Waals surface area contributed by atoms with Crippen LogP contribution in [0.4, 0.5) is 4.79 Å². The minimum Gasteiger partial charge on any atom is -0.444 e. The maximum Gasteiger partial charge on any atom is 0.410 e. The summed E-state index contributed by atoms with van der Waals surface area (Å²) in [6, 6.07) is 30.7. The number of hydrogen-bond donors (Lipinski definition) is 0. The highest BCUT2D eigenvalue weighted by Gasteiger charge is 2.30. The van der Waals surface area contributed by atoms with Crippen LogP contribution in [-0.4, -0.2) is 29.7 Å². The van der Waals surface area contributed by atoms with Crippen LogP contribution in [0.25, 0.3) is 0 Å². The quantitative estimate of drug-likeness (QED) is 0.503. The third-order valence-corrected chi connectivity index (χ3v) is 8.08. The van der Waals surface area contributed by atoms with Gasteiger partial charge in [-0.3, -0.25) is 0 Å². The number of likely N-dealkylation sites (tertiary alicyclic amines) is 1. The SMILES string of the molecule is CC(C)(C)OC(=O)N1CC[C@H](Cc2cccc(P(c3ccccc3)c3ccccc3)c2)C1.